The molecule has 0 aliphatic carbocycles. The first-order valence-electron chi connectivity index (χ1n) is 4.60. The van der Waals surface area contributed by atoms with E-state index in [1.54, 1.807) is 12.4 Å². The van der Waals surface area contributed by atoms with Gasteiger partial charge in [-0.2, -0.15) is 0 Å². The van der Waals surface area contributed by atoms with Crippen molar-refractivity contribution in [1.29, 1.82) is 0 Å². The van der Waals surface area contributed by atoms with Crippen molar-refractivity contribution in [2.75, 3.05) is 0 Å². The Hall–Kier alpha value is -2.37. The molecule has 6 heteroatoms. The molecule has 0 saturated heterocycles. The number of rotatable bonds is 1. The third-order valence-corrected chi connectivity index (χ3v) is 2.11. The first-order chi connectivity index (χ1) is 7.83. The minimum atomic E-state index is -0.404. The summed E-state index contributed by atoms with van der Waals surface area (Å²) in [7, 11) is 0. The monoisotopic (exact) mass is 215 g/mol. The molecule has 1 N–H and O–H groups in total. The van der Waals surface area contributed by atoms with Crippen LogP contribution >= 0.6 is 0 Å². The van der Waals surface area contributed by atoms with Crippen LogP contribution in [0.3, 0.4) is 0 Å². The molecule has 3 heterocycles. The summed E-state index contributed by atoms with van der Waals surface area (Å²) in [5.74, 6) is 0.104. The Bertz CT molecular complexity index is 615. The lowest BCUT2D eigenvalue weighted by Crippen LogP contribution is -1.84. The number of imidazole rings is 1. The van der Waals surface area contributed by atoms with E-state index in [1.807, 2.05) is 0 Å². The summed E-state index contributed by atoms with van der Waals surface area (Å²) in [6, 6.07) is 1.35. The van der Waals surface area contributed by atoms with Gasteiger partial charge in [0.25, 0.3) is 0 Å². The maximum Gasteiger partial charge on any atom is 0.197 e. The highest BCUT2D eigenvalue weighted by molar-refractivity contribution is 5.71. The first-order valence-corrected chi connectivity index (χ1v) is 4.60. The van der Waals surface area contributed by atoms with Gasteiger partial charge in [0.1, 0.15) is 11.6 Å². The van der Waals surface area contributed by atoms with E-state index in [1.165, 1.54) is 12.3 Å². The highest BCUT2D eigenvalue weighted by Crippen LogP contribution is 2.17. The van der Waals surface area contributed by atoms with Gasteiger partial charge in [0.2, 0.25) is 0 Å². The molecule has 0 saturated carbocycles. The Labute approximate surface area is 89.4 Å². The molecule has 0 aromatic carbocycles. The minimum absolute atomic E-state index is 0.404. The average Bonchev–Trinajstić information content (AvgIpc) is 2.72. The molecule has 0 radical (unpaired) electrons. The molecule has 0 bridgehead atoms. The molecule has 0 aliphatic heterocycles. The van der Waals surface area contributed by atoms with Crippen molar-refractivity contribution >= 4 is 11.3 Å². The molecule has 5 nitrogen and oxygen atoms in total. The van der Waals surface area contributed by atoms with E-state index in [4.69, 9.17) is 0 Å². The zero-order chi connectivity index (χ0) is 11.0. The van der Waals surface area contributed by atoms with Crippen LogP contribution in [0.25, 0.3) is 22.7 Å². The third-order valence-electron chi connectivity index (χ3n) is 2.11. The zero-order valence-electron chi connectivity index (χ0n) is 8.05. The fourth-order valence-electron chi connectivity index (χ4n) is 1.42. The van der Waals surface area contributed by atoms with Crippen molar-refractivity contribution < 1.29 is 4.39 Å². The number of hydrogen-bond acceptors (Lipinski definition) is 4. The van der Waals surface area contributed by atoms with Gasteiger partial charge in [-0.15, -0.1) is 0 Å². The molecular weight excluding hydrogens is 209 g/mol. The molecule has 0 atom stereocenters. The molecule has 0 fully saturated rings. The van der Waals surface area contributed by atoms with Gasteiger partial charge in [-0.1, -0.05) is 0 Å². The van der Waals surface area contributed by atoms with Crippen LogP contribution in [0.4, 0.5) is 4.39 Å². The summed E-state index contributed by atoms with van der Waals surface area (Å²) in [6.45, 7) is 0. The van der Waals surface area contributed by atoms with E-state index in [-0.39, 0.29) is 0 Å². The number of aromatic amines is 1. The number of H-pyrrole nitrogens is 1. The molecule has 3 aromatic heterocycles. The molecule has 0 unspecified atom stereocenters. The van der Waals surface area contributed by atoms with Crippen LogP contribution in [-0.2, 0) is 0 Å². The second-order valence-electron chi connectivity index (χ2n) is 3.21. The SMILES string of the molecule is Fc1cncc(-c2nc3nccnc3[nH]2)c1. The van der Waals surface area contributed by atoms with E-state index in [2.05, 4.69) is 24.9 Å². The lowest BCUT2D eigenvalue weighted by atomic mass is 10.3. The molecule has 78 valence electrons. The van der Waals surface area contributed by atoms with E-state index in [9.17, 15) is 4.39 Å². The van der Waals surface area contributed by atoms with Crippen molar-refractivity contribution in [3.8, 4) is 11.4 Å². The van der Waals surface area contributed by atoms with E-state index < -0.39 is 5.82 Å². The smallest absolute Gasteiger partial charge is 0.197 e. The summed E-state index contributed by atoms with van der Waals surface area (Å²) >= 11 is 0. The van der Waals surface area contributed by atoms with Crippen LogP contribution < -0.4 is 0 Å². The Morgan fingerprint density at radius 2 is 2.00 bits per heavy atom. The van der Waals surface area contributed by atoms with Crippen molar-refractivity contribution in [1.82, 2.24) is 24.9 Å². The summed E-state index contributed by atoms with van der Waals surface area (Å²) in [5, 5.41) is 0. The van der Waals surface area contributed by atoms with Gasteiger partial charge in [0.05, 0.1) is 6.20 Å². The van der Waals surface area contributed by atoms with Crippen LogP contribution in [0.2, 0.25) is 0 Å². The Balaban J connectivity index is 2.19. The van der Waals surface area contributed by atoms with Crippen LogP contribution in [0.5, 0.6) is 0 Å². The lowest BCUT2D eigenvalue weighted by Gasteiger charge is -1.94. The number of nitrogens with one attached hydrogen (secondary N) is 1. The van der Waals surface area contributed by atoms with Crippen molar-refractivity contribution in [3.63, 3.8) is 0 Å². The van der Waals surface area contributed by atoms with Gasteiger partial charge in [-0.3, -0.25) is 4.98 Å². The number of halogens is 1. The quantitative estimate of drug-likeness (QED) is 0.668. The Morgan fingerprint density at radius 3 is 2.81 bits per heavy atom. The highest BCUT2D eigenvalue weighted by Gasteiger charge is 2.07. The second-order valence-corrected chi connectivity index (χ2v) is 3.21. The summed E-state index contributed by atoms with van der Waals surface area (Å²) in [4.78, 5) is 19.0. The number of pyridine rings is 1. The maximum absolute atomic E-state index is 13.0. The molecule has 3 rings (SSSR count). The summed E-state index contributed by atoms with van der Waals surface area (Å²) in [5.41, 5.74) is 1.64. The number of fused-ring (bicyclic) bond motifs is 1. The third kappa shape index (κ3) is 1.40. The van der Waals surface area contributed by atoms with Gasteiger partial charge in [-0.05, 0) is 6.07 Å². The molecule has 0 aliphatic rings. The number of nitrogens with zero attached hydrogens (tertiary/aromatic N) is 4. The first kappa shape index (κ1) is 8.90. The Kier molecular flexibility index (Phi) is 1.86. The van der Waals surface area contributed by atoms with Crippen LogP contribution in [0, 0.1) is 5.82 Å². The predicted octanol–water partition coefficient (Wildman–Crippen LogP) is 1.55. The van der Waals surface area contributed by atoms with E-state index in [0.717, 1.165) is 6.20 Å². The summed E-state index contributed by atoms with van der Waals surface area (Å²) < 4.78 is 13.0. The lowest BCUT2D eigenvalue weighted by molar-refractivity contribution is 0.622. The largest absolute Gasteiger partial charge is 0.321 e. The Morgan fingerprint density at radius 1 is 1.12 bits per heavy atom. The zero-order valence-corrected chi connectivity index (χ0v) is 8.05. The van der Waals surface area contributed by atoms with Crippen LogP contribution in [-0.4, -0.2) is 24.9 Å². The van der Waals surface area contributed by atoms with Crippen molar-refractivity contribution in [2.24, 2.45) is 0 Å². The molecule has 0 amide bonds. The minimum Gasteiger partial charge on any atom is -0.321 e. The average molecular weight is 215 g/mol. The number of aromatic nitrogens is 5. The van der Waals surface area contributed by atoms with Crippen molar-refractivity contribution in [3.05, 3.63) is 36.7 Å². The van der Waals surface area contributed by atoms with E-state index in [0.29, 0.717) is 22.7 Å². The van der Waals surface area contributed by atoms with Gasteiger partial charge in [0, 0.05) is 24.2 Å². The van der Waals surface area contributed by atoms with Crippen LogP contribution in [0.1, 0.15) is 0 Å². The normalized spacial score (nSPS) is 10.8. The van der Waals surface area contributed by atoms with Crippen LogP contribution in [0.15, 0.2) is 30.9 Å². The number of hydrogen-bond donors (Lipinski definition) is 1. The second kappa shape index (κ2) is 3.34. The van der Waals surface area contributed by atoms with Gasteiger partial charge in [0.15, 0.2) is 11.3 Å². The molecular formula is C10H6FN5. The van der Waals surface area contributed by atoms with Crippen molar-refractivity contribution in [2.45, 2.75) is 0 Å². The van der Waals surface area contributed by atoms with Gasteiger partial charge >= 0.3 is 0 Å². The summed E-state index contributed by atoms with van der Waals surface area (Å²) in [6.07, 6.45) is 5.79. The standard InChI is InChI=1S/C10H6FN5/c11-7-3-6(4-12-5-7)8-15-9-10(16-8)14-2-1-13-9/h1-5H,(H,13,14,15,16). The molecule has 3 aromatic rings. The maximum atomic E-state index is 13.0. The fraction of sp³-hybridized carbons (Fsp3) is 0. The topological polar surface area (TPSA) is 67.3 Å². The highest BCUT2D eigenvalue weighted by atomic mass is 19.1. The predicted molar refractivity (Wildman–Crippen MR) is 54.9 cm³/mol. The molecule has 16 heavy (non-hydrogen) atoms. The van der Waals surface area contributed by atoms with Gasteiger partial charge in [-0.25, -0.2) is 19.3 Å². The fourth-order valence-corrected chi connectivity index (χ4v) is 1.42. The molecule has 0 spiro atoms. The van der Waals surface area contributed by atoms with E-state index >= 15 is 0 Å². The van der Waals surface area contributed by atoms with Gasteiger partial charge < -0.3 is 4.98 Å².